The summed E-state index contributed by atoms with van der Waals surface area (Å²) in [6.45, 7) is 7.48. The first-order chi connectivity index (χ1) is 10.2. The molecule has 3 rings (SSSR count). The van der Waals surface area contributed by atoms with Crippen LogP contribution in [0.4, 0.5) is 5.82 Å². The third kappa shape index (κ3) is 2.96. The molecule has 1 N–H and O–H groups in total. The molecule has 0 unspecified atom stereocenters. The predicted molar refractivity (Wildman–Crippen MR) is 78.1 cm³/mol. The second-order valence-corrected chi connectivity index (χ2v) is 5.57. The van der Waals surface area contributed by atoms with E-state index in [4.69, 9.17) is 0 Å². The zero-order valence-corrected chi connectivity index (χ0v) is 12.4. The van der Waals surface area contributed by atoms with Crippen LogP contribution in [0.2, 0.25) is 0 Å². The van der Waals surface area contributed by atoms with Crippen molar-refractivity contribution in [2.24, 2.45) is 0 Å². The molecule has 8 heteroatoms. The normalized spacial score (nSPS) is 21.9. The Balaban J connectivity index is 1.75. The van der Waals surface area contributed by atoms with E-state index in [1.165, 1.54) is 4.63 Å². The van der Waals surface area contributed by atoms with Crippen LogP contribution in [0.1, 0.15) is 20.3 Å². The molecule has 2 aromatic heterocycles. The molecule has 1 saturated heterocycles. The van der Waals surface area contributed by atoms with E-state index in [0.29, 0.717) is 11.7 Å². The molecule has 1 fully saturated rings. The number of nitrogens with zero attached hydrogens (tertiary/aromatic N) is 7. The van der Waals surface area contributed by atoms with Crippen LogP contribution in [0.15, 0.2) is 12.1 Å². The summed E-state index contributed by atoms with van der Waals surface area (Å²) in [5.74, 6) is 0.893. The predicted octanol–water partition coefficient (Wildman–Crippen LogP) is -0.199. The molecular weight excluding hydrogens is 270 g/mol. The lowest BCUT2D eigenvalue weighted by atomic mass is 10.1. The van der Waals surface area contributed by atoms with Gasteiger partial charge >= 0.3 is 0 Å². The fourth-order valence-corrected chi connectivity index (χ4v) is 2.88. The number of aliphatic hydroxyl groups is 1. The number of rotatable bonds is 4. The van der Waals surface area contributed by atoms with Gasteiger partial charge in [0.2, 0.25) is 0 Å². The SMILES string of the molecule is CC[C@H]1CN(c2ccc3nnnn3n2)CCN1C[C@H](C)O. The van der Waals surface area contributed by atoms with Crippen molar-refractivity contribution >= 4 is 11.5 Å². The molecular formula is C13H21N7O. The zero-order valence-electron chi connectivity index (χ0n) is 12.4. The molecule has 0 radical (unpaired) electrons. The van der Waals surface area contributed by atoms with Gasteiger partial charge in [0.25, 0.3) is 0 Å². The van der Waals surface area contributed by atoms with E-state index in [9.17, 15) is 5.11 Å². The summed E-state index contributed by atoms with van der Waals surface area (Å²) in [6, 6.07) is 4.27. The molecule has 2 atom stereocenters. The van der Waals surface area contributed by atoms with Gasteiger partial charge < -0.3 is 10.0 Å². The second-order valence-electron chi connectivity index (χ2n) is 5.57. The number of tetrazole rings is 1. The van der Waals surface area contributed by atoms with Crippen LogP contribution in [0.5, 0.6) is 0 Å². The summed E-state index contributed by atoms with van der Waals surface area (Å²) in [6.07, 6.45) is 0.761. The van der Waals surface area contributed by atoms with E-state index in [1.807, 2.05) is 19.1 Å². The Morgan fingerprint density at radius 2 is 2.24 bits per heavy atom. The maximum Gasteiger partial charge on any atom is 0.200 e. The van der Waals surface area contributed by atoms with E-state index in [0.717, 1.165) is 38.4 Å². The summed E-state index contributed by atoms with van der Waals surface area (Å²) < 4.78 is 1.46. The molecule has 0 saturated carbocycles. The average Bonchev–Trinajstić information content (AvgIpc) is 2.94. The van der Waals surface area contributed by atoms with E-state index in [1.54, 1.807) is 0 Å². The van der Waals surface area contributed by atoms with Crippen LogP contribution in [-0.4, -0.2) is 73.6 Å². The largest absolute Gasteiger partial charge is 0.392 e. The topological polar surface area (TPSA) is 82.7 Å². The highest BCUT2D eigenvalue weighted by molar-refractivity contribution is 5.44. The van der Waals surface area contributed by atoms with Gasteiger partial charge in [-0.1, -0.05) is 6.92 Å². The summed E-state index contributed by atoms with van der Waals surface area (Å²) in [5, 5.41) is 25.4. The van der Waals surface area contributed by atoms with Crippen molar-refractivity contribution in [1.29, 1.82) is 0 Å². The lowest BCUT2D eigenvalue weighted by molar-refractivity contribution is 0.0884. The van der Waals surface area contributed by atoms with Gasteiger partial charge in [-0.15, -0.1) is 14.8 Å². The van der Waals surface area contributed by atoms with Crippen molar-refractivity contribution in [2.45, 2.75) is 32.4 Å². The summed E-state index contributed by atoms with van der Waals surface area (Å²) in [5.41, 5.74) is 0.651. The van der Waals surface area contributed by atoms with Crippen LogP contribution < -0.4 is 4.90 Å². The summed E-state index contributed by atoms with van der Waals surface area (Å²) in [4.78, 5) is 4.62. The molecule has 8 nitrogen and oxygen atoms in total. The standard InChI is InChI=1S/C13H21N7O/c1-3-11-9-19(7-6-18(11)8-10(2)21)13-5-4-12-14-16-17-20(12)15-13/h4-5,10-11,21H,3,6-9H2,1-2H3/t10-,11-/m0/s1. The molecule has 0 aliphatic carbocycles. The third-order valence-electron chi connectivity index (χ3n) is 3.95. The van der Waals surface area contributed by atoms with Crippen LogP contribution in [0.25, 0.3) is 5.65 Å². The van der Waals surface area contributed by atoms with Crippen LogP contribution >= 0.6 is 0 Å². The van der Waals surface area contributed by atoms with Gasteiger partial charge in [0, 0.05) is 32.2 Å². The van der Waals surface area contributed by atoms with Gasteiger partial charge in [-0.05, 0) is 35.9 Å². The number of hydrogen-bond donors (Lipinski definition) is 1. The molecule has 114 valence electrons. The van der Waals surface area contributed by atoms with E-state index < -0.39 is 0 Å². The Kier molecular flexibility index (Phi) is 3.98. The molecule has 21 heavy (non-hydrogen) atoms. The highest BCUT2D eigenvalue weighted by Gasteiger charge is 2.27. The minimum absolute atomic E-state index is 0.290. The fourth-order valence-electron chi connectivity index (χ4n) is 2.88. The Morgan fingerprint density at radius 1 is 1.38 bits per heavy atom. The average molecular weight is 291 g/mol. The lowest BCUT2D eigenvalue weighted by Crippen LogP contribution is -2.54. The number of aromatic nitrogens is 5. The van der Waals surface area contributed by atoms with Crippen molar-refractivity contribution in [3.05, 3.63) is 12.1 Å². The van der Waals surface area contributed by atoms with Gasteiger partial charge in [-0.25, -0.2) is 0 Å². The molecule has 0 bridgehead atoms. The number of piperazine rings is 1. The van der Waals surface area contributed by atoms with Crippen molar-refractivity contribution in [1.82, 2.24) is 30.2 Å². The maximum atomic E-state index is 9.60. The van der Waals surface area contributed by atoms with Crippen LogP contribution in [0, 0.1) is 0 Å². The Bertz CT molecular complexity index is 599. The third-order valence-corrected chi connectivity index (χ3v) is 3.95. The maximum absolute atomic E-state index is 9.60. The van der Waals surface area contributed by atoms with Gasteiger partial charge in [-0.3, -0.25) is 4.90 Å². The van der Waals surface area contributed by atoms with E-state index in [-0.39, 0.29) is 6.10 Å². The first-order valence-electron chi connectivity index (χ1n) is 7.40. The van der Waals surface area contributed by atoms with Crippen molar-refractivity contribution in [2.75, 3.05) is 31.1 Å². The highest BCUT2D eigenvalue weighted by atomic mass is 16.3. The molecule has 3 heterocycles. The highest BCUT2D eigenvalue weighted by Crippen LogP contribution is 2.19. The van der Waals surface area contributed by atoms with Gasteiger partial charge in [0.15, 0.2) is 11.5 Å². The summed E-state index contributed by atoms with van der Waals surface area (Å²) in [7, 11) is 0. The molecule has 2 aromatic rings. The quantitative estimate of drug-likeness (QED) is 0.835. The van der Waals surface area contributed by atoms with Crippen molar-refractivity contribution in [3.8, 4) is 0 Å². The Labute approximate surface area is 123 Å². The number of anilines is 1. The monoisotopic (exact) mass is 291 g/mol. The lowest BCUT2D eigenvalue weighted by Gasteiger charge is -2.42. The molecule has 0 aromatic carbocycles. The van der Waals surface area contributed by atoms with Crippen LogP contribution in [0.3, 0.4) is 0 Å². The van der Waals surface area contributed by atoms with Crippen LogP contribution in [-0.2, 0) is 0 Å². The number of β-amino-alcohol motifs (C(OH)–C–C–N with tert-alkyl or cyclic N) is 1. The minimum Gasteiger partial charge on any atom is -0.392 e. The smallest absolute Gasteiger partial charge is 0.200 e. The van der Waals surface area contributed by atoms with E-state index in [2.05, 4.69) is 37.3 Å². The zero-order chi connectivity index (χ0) is 14.8. The van der Waals surface area contributed by atoms with Gasteiger partial charge in [-0.2, -0.15) is 0 Å². The fraction of sp³-hybridized carbons (Fsp3) is 0.692. The molecule has 1 aliphatic heterocycles. The number of hydrogen-bond acceptors (Lipinski definition) is 7. The second kappa shape index (κ2) is 5.90. The number of fused-ring (bicyclic) bond motifs is 1. The van der Waals surface area contributed by atoms with E-state index >= 15 is 0 Å². The Morgan fingerprint density at radius 3 is 3.00 bits per heavy atom. The first-order valence-corrected chi connectivity index (χ1v) is 7.40. The number of aliphatic hydroxyl groups excluding tert-OH is 1. The van der Waals surface area contributed by atoms with Gasteiger partial charge in [0.1, 0.15) is 0 Å². The minimum atomic E-state index is -0.290. The Hall–Kier alpha value is -1.80. The van der Waals surface area contributed by atoms with Crippen molar-refractivity contribution in [3.63, 3.8) is 0 Å². The summed E-state index contributed by atoms with van der Waals surface area (Å²) >= 11 is 0. The molecule has 1 aliphatic rings. The van der Waals surface area contributed by atoms with Gasteiger partial charge in [0.05, 0.1) is 6.10 Å². The van der Waals surface area contributed by atoms with Crippen molar-refractivity contribution < 1.29 is 5.11 Å². The molecule has 0 amide bonds. The molecule has 0 spiro atoms. The first kappa shape index (κ1) is 14.2.